The molecule has 0 bridgehead atoms. The van der Waals surface area contributed by atoms with E-state index in [-0.39, 0.29) is 15.8 Å². The van der Waals surface area contributed by atoms with Crippen LogP contribution >= 0.6 is 23.6 Å². The van der Waals surface area contributed by atoms with E-state index in [4.69, 9.17) is 12.2 Å². The van der Waals surface area contributed by atoms with Gasteiger partial charge in [-0.1, -0.05) is 36.5 Å². The van der Waals surface area contributed by atoms with E-state index < -0.39 is 17.5 Å². The fourth-order valence-electron chi connectivity index (χ4n) is 3.80. The minimum Gasteiger partial charge on any atom is -0.356 e. The van der Waals surface area contributed by atoms with Crippen LogP contribution in [0.5, 0.6) is 0 Å². The SMILES string of the molecule is CN1C(=O)[C@@]2(NC(=S)[C@H]([N+](=O)[O-])[C@H]2c2cccs2)c2ccccc21. The second-order valence-corrected chi connectivity index (χ2v) is 7.32. The maximum atomic E-state index is 13.2. The molecule has 0 unspecified atom stereocenters. The van der Waals surface area contributed by atoms with Gasteiger partial charge in [-0.15, -0.1) is 11.3 Å². The molecule has 1 spiro atoms. The Labute approximate surface area is 147 Å². The van der Waals surface area contributed by atoms with Crippen LogP contribution in [0.4, 0.5) is 5.69 Å². The lowest BCUT2D eigenvalue weighted by Crippen LogP contribution is -2.50. The van der Waals surface area contributed by atoms with Gasteiger partial charge >= 0.3 is 0 Å². The molecular formula is C16H13N3O3S2. The molecule has 1 N–H and O–H groups in total. The molecule has 3 heterocycles. The first-order chi connectivity index (χ1) is 11.5. The third kappa shape index (κ3) is 1.75. The lowest BCUT2D eigenvalue weighted by atomic mass is 9.78. The van der Waals surface area contributed by atoms with E-state index in [2.05, 4.69) is 5.32 Å². The molecule has 2 aliphatic heterocycles. The molecule has 0 radical (unpaired) electrons. The molecule has 1 saturated heterocycles. The summed E-state index contributed by atoms with van der Waals surface area (Å²) in [6.07, 6.45) is 0. The van der Waals surface area contributed by atoms with Crippen LogP contribution in [0.15, 0.2) is 41.8 Å². The molecule has 6 nitrogen and oxygen atoms in total. The summed E-state index contributed by atoms with van der Waals surface area (Å²) >= 11 is 6.69. The number of thiocarbonyl (C=S) groups is 1. The normalized spacial score (nSPS) is 28.3. The number of carbonyl (C=O) groups is 1. The Kier molecular flexibility index (Phi) is 3.23. The zero-order valence-electron chi connectivity index (χ0n) is 12.6. The first-order valence-electron chi connectivity index (χ1n) is 7.35. The Hall–Kier alpha value is -2.32. The first-order valence-corrected chi connectivity index (χ1v) is 8.64. The highest BCUT2D eigenvalue weighted by molar-refractivity contribution is 7.80. The van der Waals surface area contributed by atoms with Crippen molar-refractivity contribution in [1.82, 2.24) is 5.32 Å². The zero-order valence-corrected chi connectivity index (χ0v) is 14.3. The van der Waals surface area contributed by atoms with Gasteiger partial charge in [0.15, 0.2) is 10.5 Å². The van der Waals surface area contributed by atoms with Crippen molar-refractivity contribution >= 4 is 40.1 Å². The number of nitrogens with zero attached hydrogens (tertiary/aromatic N) is 2. The number of benzene rings is 1. The standard InChI is InChI=1S/C16H13N3O3S2/c1-18-10-6-3-2-5-9(10)16(15(18)20)12(11-7-4-8-24-11)13(19(21)22)14(23)17-16/h2-8,12-13H,1H3,(H,17,23)/t12-,13-,16-/m1/s1. The average molecular weight is 359 g/mol. The van der Waals surface area contributed by atoms with Crippen molar-refractivity contribution in [2.45, 2.75) is 17.5 Å². The molecule has 0 aliphatic carbocycles. The minimum absolute atomic E-state index is 0.108. The number of carbonyl (C=O) groups excluding carboxylic acids is 1. The van der Waals surface area contributed by atoms with Crippen LogP contribution < -0.4 is 10.2 Å². The molecule has 1 aromatic heterocycles. The van der Waals surface area contributed by atoms with E-state index in [1.165, 1.54) is 11.3 Å². The maximum Gasteiger partial charge on any atom is 0.273 e. The molecule has 24 heavy (non-hydrogen) atoms. The summed E-state index contributed by atoms with van der Waals surface area (Å²) < 4.78 is 0. The topological polar surface area (TPSA) is 75.5 Å². The Morgan fingerprint density at radius 2 is 2.08 bits per heavy atom. The van der Waals surface area contributed by atoms with Gasteiger partial charge < -0.3 is 10.2 Å². The Morgan fingerprint density at radius 1 is 1.33 bits per heavy atom. The maximum absolute atomic E-state index is 13.2. The van der Waals surface area contributed by atoms with Gasteiger partial charge in [0.25, 0.3) is 11.9 Å². The van der Waals surface area contributed by atoms with Crippen LogP contribution in [0.3, 0.4) is 0 Å². The molecule has 1 fully saturated rings. The summed E-state index contributed by atoms with van der Waals surface area (Å²) in [7, 11) is 1.69. The lowest BCUT2D eigenvalue weighted by Gasteiger charge is -2.29. The predicted octanol–water partition coefficient (Wildman–Crippen LogP) is 2.28. The second kappa shape index (κ2) is 5.09. The third-order valence-electron chi connectivity index (χ3n) is 4.78. The number of nitro groups is 1. The average Bonchev–Trinajstić information content (AvgIpc) is 3.23. The third-order valence-corrected chi connectivity index (χ3v) is 6.08. The Bertz CT molecular complexity index is 867. The highest BCUT2D eigenvalue weighted by atomic mass is 32.1. The number of para-hydroxylation sites is 1. The van der Waals surface area contributed by atoms with Crippen molar-refractivity contribution in [3.05, 3.63) is 62.3 Å². The predicted molar refractivity (Wildman–Crippen MR) is 95.1 cm³/mol. The van der Waals surface area contributed by atoms with Crippen LogP contribution in [-0.4, -0.2) is 28.9 Å². The van der Waals surface area contributed by atoms with Crippen LogP contribution in [0.2, 0.25) is 0 Å². The minimum atomic E-state index is -1.22. The molecule has 1 amide bonds. The Balaban J connectivity index is 2.01. The molecule has 8 heteroatoms. The van der Waals surface area contributed by atoms with Gasteiger partial charge in [0.1, 0.15) is 5.92 Å². The number of hydrogen-bond donors (Lipinski definition) is 1. The smallest absolute Gasteiger partial charge is 0.273 e. The second-order valence-electron chi connectivity index (χ2n) is 5.90. The molecule has 1 aromatic carbocycles. The molecule has 0 saturated carbocycles. The number of nitrogens with one attached hydrogen (secondary N) is 1. The number of fused-ring (bicyclic) bond motifs is 2. The fraction of sp³-hybridized carbons (Fsp3) is 0.250. The number of amides is 1. The van der Waals surface area contributed by atoms with E-state index in [0.717, 1.165) is 16.1 Å². The van der Waals surface area contributed by atoms with Gasteiger partial charge in [0.05, 0.1) is 0 Å². The monoisotopic (exact) mass is 359 g/mol. The molecule has 4 rings (SSSR count). The van der Waals surface area contributed by atoms with E-state index in [1.54, 1.807) is 11.9 Å². The van der Waals surface area contributed by atoms with E-state index in [0.29, 0.717) is 0 Å². The van der Waals surface area contributed by atoms with Gasteiger partial charge in [-0.2, -0.15) is 0 Å². The quantitative estimate of drug-likeness (QED) is 0.506. The fourth-order valence-corrected chi connectivity index (χ4v) is 5.11. The summed E-state index contributed by atoms with van der Waals surface area (Å²) in [6, 6.07) is 9.91. The number of thiophene rings is 1. The first kappa shape index (κ1) is 15.2. The van der Waals surface area contributed by atoms with E-state index in [1.807, 2.05) is 41.8 Å². The summed E-state index contributed by atoms with van der Waals surface area (Å²) in [5.41, 5.74) is 0.274. The van der Waals surface area contributed by atoms with Gasteiger partial charge in [0, 0.05) is 28.1 Å². The number of rotatable bonds is 2. The van der Waals surface area contributed by atoms with Crippen LogP contribution in [-0.2, 0) is 10.3 Å². The Morgan fingerprint density at radius 3 is 2.75 bits per heavy atom. The van der Waals surface area contributed by atoms with Crippen molar-refractivity contribution < 1.29 is 9.72 Å². The van der Waals surface area contributed by atoms with Gasteiger partial charge in [-0.3, -0.25) is 14.9 Å². The number of anilines is 1. The van der Waals surface area contributed by atoms with Crippen molar-refractivity contribution in [1.29, 1.82) is 0 Å². The zero-order chi connectivity index (χ0) is 17.1. The molecule has 122 valence electrons. The van der Waals surface area contributed by atoms with Crippen molar-refractivity contribution in [2.24, 2.45) is 0 Å². The summed E-state index contributed by atoms with van der Waals surface area (Å²) in [4.78, 5) is 27.0. The van der Waals surface area contributed by atoms with Gasteiger partial charge in [0.2, 0.25) is 0 Å². The van der Waals surface area contributed by atoms with Gasteiger partial charge in [-0.25, -0.2) is 0 Å². The highest BCUT2D eigenvalue weighted by Gasteiger charge is 2.67. The van der Waals surface area contributed by atoms with E-state index >= 15 is 0 Å². The lowest BCUT2D eigenvalue weighted by molar-refractivity contribution is -0.505. The highest BCUT2D eigenvalue weighted by Crippen LogP contribution is 2.53. The molecule has 2 aliphatic rings. The molecular weight excluding hydrogens is 346 g/mol. The molecule has 2 aromatic rings. The molecule has 3 atom stereocenters. The largest absolute Gasteiger partial charge is 0.356 e. The van der Waals surface area contributed by atoms with Crippen molar-refractivity contribution in [2.75, 3.05) is 11.9 Å². The van der Waals surface area contributed by atoms with Crippen LogP contribution in [0.25, 0.3) is 0 Å². The van der Waals surface area contributed by atoms with Gasteiger partial charge in [-0.05, 0) is 17.5 Å². The number of hydrogen-bond acceptors (Lipinski definition) is 5. The summed E-state index contributed by atoms with van der Waals surface area (Å²) in [6.45, 7) is 0. The van der Waals surface area contributed by atoms with Crippen LogP contribution in [0.1, 0.15) is 16.4 Å². The summed E-state index contributed by atoms with van der Waals surface area (Å²) in [5, 5.41) is 16.6. The number of likely N-dealkylation sites (N-methyl/N-ethyl adjacent to an activating group) is 1. The van der Waals surface area contributed by atoms with Crippen LogP contribution in [0, 0.1) is 10.1 Å². The van der Waals surface area contributed by atoms with Crippen molar-refractivity contribution in [3.8, 4) is 0 Å². The summed E-state index contributed by atoms with van der Waals surface area (Å²) in [5.74, 6) is -0.882. The van der Waals surface area contributed by atoms with Crippen molar-refractivity contribution in [3.63, 3.8) is 0 Å². The van der Waals surface area contributed by atoms with E-state index in [9.17, 15) is 14.9 Å².